The topological polar surface area (TPSA) is 77.5 Å². The quantitative estimate of drug-likeness (QED) is 0.463. The van der Waals surface area contributed by atoms with E-state index in [1.165, 1.54) is 24.3 Å². The summed E-state index contributed by atoms with van der Waals surface area (Å²) in [6.45, 7) is 1.51. The van der Waals surface area contributed by atoms with Crippen LogP contribution in [0.3, 0.4) is 0 Å². The van der Waals surface area contributed by atoms with E-state index < -0.39 is 18.0 Å². The van der Waals surface area contributed by atoms with Crippen molar-refractivity contribution >= 4 is 34.4 Å². The summed E-state index contributed by atoms with van der Waals surface area (Å²) in [5, 5.41) is 4.98. The molecule has 1 heterocycles. The smallest absolute Gasteiger partial charge is 0.331 e. The van der Waals surface area contributed by atoms with Crippen molar-refractivity contribution in [3.05, 3.63) is 71.6 Å². The predicted octanol–water partition coefficient (Wildman–Crippen LogP) is 4.40. The maximum atomic E-state index is 12.3. The van der Waals surface area contributed by atoms with Crippen molar-refractivity contribution in [1.82, 2.24) is 4.98 Å². The number of anilines is 1. The third kappa shape index (κ3) is 5.76. The Morgan fingerprint density at radius 1 is 1.14 bits per heavy atom. The Morgan fingerprint density at radius 3 is 2.69 bits per heavy atom. The van der Waals surface area contributed by atoms with Gasteiger partial charge in [0.2, 0.25) is 0 Å². The molecule has 0 radical (unpaired) electrons. The van der Waals surface area contributed by atoms with Crippen LogP contribution in [-0.2, 0) is 14.3 Å². The van der Waals surface area contributed by atoms with Gasteiger partial charge in [-0.3, -0.25) is 10.1 Å². The number of aromatic nitrogens is 1. The normalized spacial score (nSPS) is 11.8. The summed E-state index contributed by atoms with van der Waals surface area (Å²) >= 11 is 1.31. The SMILES string of the molecule is COc1cccc(/C=C/C(=O)O[C@H](C)C(=O)Nc2nc(-c3ccccc3)cs2)c1. The van der Waals surface area contributed by atoms with Gasteiger partial charge in [-0.2, -0.15) is 0 Å². The molecule has 0 aliphatic rings. The van der Waals surface area contributed by atoms with Gasteiger partial charge in [-0.15, -0.1) is 11.3 Å². The molecule has 0 bridgehead atoms. The highest BCUT2D eigenvalue weighted by atomic mass is 32.1. The summed E-state index contributed by atoms with van der Waals surface area (Å²) in [7, 11) is 1.57. The molecule has 1 atom stereocenters. The number of carbonyl (C=O) groups excluding carboxylic acids is 2. The first-order valence-electron chi connectivity index (χ1n) is 8.89. The fraction of sp³-hybridized carbons (Fsp3) is 0.136. The first-order chi connectivity index (χ1) is 14.0. The standard InChI is InChI=1S/C22H20N2O4S/c1-15(28-20(25)12-11-16-7-6-10-18(13-16)27-2)21(26)24-22-23-19(14-29-22)17-8-4-3-5-9-17/h3-15H,1-2H3,(H,23,24,26)/b12-11+/t15-/m1/s1. The molecule has 7 heteroatoms. The van der Waals surface area contributed by atoms with Gasteiger partial charge in [0.05, 0.1) is 12.8 Å². The lowest BCUT2D eigenvalue weighted by molar-refractivity contribution is -0.148. The zero-order valence-electron chi connectivity index (χ0n) is 16.0. The van der Waals surface area contributed by atoms with Gasteiger partial charge in [0, 0.05) is 17.0 Å². The number of carbonyl (C=O) groups is 2. The molecule has 3 aromatic rings. The third-order valence-corrected chi connectivity index (χ3v) is 4.73. The molecule has 1 amide bonds. The van der Waals surface area contributed by atoms with Crippen LogP contribution in [0.1, 0.15) is 12.5 Å². The second-order valence-electron chi connectivity index (χ2n) is 6.08. The molecule has 0 aliphatic heterocycles. The largest absolute Gasteiger partial charge is 0.497 e. The molecule has 0 unspecified atom stereocenters. The average molecular weight is 408 g/mol. The fourth-order valence-electron chi connectivity index (χ4n) is 2.46. The molecule has 0 fully saturated rings. The zero-order chi connectivity index (χ0) is 20.6. The first kappa shape index (κ1) is 20.3. The van der Waals surface area contributed by atoms with E-state index in [9.17, 15) is 9.59 Å². The number of thiazole rings is 1. The zero-order valence-corrected chi connectivity index (χ0v) is 16.8. The maximum absolute atomic E-state index is 12.3. The lowest BCUT2D eigenvalue weighted by Gasteiger charge is -2.10. The van der Waals surface area contributed by atoms with Crippen molar-refractivity contribution in [2.24, 2.45) is 0 Å². The molecule has 0 aliphatic carbocycles. The Hall–Kier alpha value is -3.45. The van der Waals surface area contributed by atoms with Crippen LogP contribution in [0.2, 0.25) is 0 Å². The average Bonchev–Trinajstić information content (AvgIpc) is 3.21. The predicted molar refractivity (Wildman–Crippen MR) is 114 cm³/mol. The van der Waals surface area contributed by atoms with Gasteiger partial charge in [0.25, 0.3) is 5.91 Å². The number of benzene rings is 2. The second-order valence-corrected chi connectivity index (χ2v) is 6.94. The van der Waals surface area contributed by atoms with E-state index in [1.54, 1.807) is 19.3 Å². The summed E-state index contributed by atoms with van der Waals surface area (Å²) in [4.78, 5) is 28.7. The van der Waals surface area contributed by atoms with Gasteiger partial charge in [-0.1, -0.05) is 42.5 Å². The summed E-state index contributed by atoms with van der Waals surface area (Å²) in [5.74, 6) is -0.367. The third-order valence-electron chi connectivity index (χ3n) is 3.97. The van der Waals surface area contributed by atoms with E-state index in [4.69, 9.17) is 9.47 Å². The van der Waals surface area contributed by atoms with Crippen molar-refractivity contribution in [1.29, 1.82) is 0 Å². The molecule has 6 nitrogen and oxygen atoms in total. The van der Waals surface area contributed by atoms with Crippen LogP contribution in [0, 0.1) is 0 Å². The number of methoxy groups -OCH3 is 1. The number of amides is 1. The molecule has 0 saturated heterocycles. The molecule has 3 rings (SSSR count). The van der Waals surface area contributed by atoms with Crippen LogP contribution in [0.4, 0.5) is 5.13 Å². The van der Waals surface area contributed by atoms with Gasteiger partial charge < -0.3 is 9.47 Å². The van der Waals surface area contributed by atoms with Crippen LogP contribution in [0.25, 0.3) is 17.3 Å². The number of nitrogens with one attached hydrogen (secondary N) is 1. The summed E-state index contributed by atoms with van der Waals surface area (Å²) in [6, 6.07) is 16.9. The van der Waals surface area contributed by atoms with Crippen LogP contribution >= 0.6 is 11.3 Å². The molecule has 0 saturated carbocycles. The van der Waals surface area contributed by atoms with Crippen LogP contribution in [0.15, 0.2) is 66.1 Å². The molecular formula is C22H20N2O4S. The highest BCUT2D eigenvalue weighted by Crippen LogP contribution is 2.24. The number of rotatable bonds is 7. The minimum atomic E-state index is -0.957. The van der Waals surface area contributed by atoms with Crippen molar-refractivity contribution in [2.75, 3.05) is 12.4 Å². The first-order valence-corrected chi connectivity index (χ1v) is 9.77. The Kier molecular flexibility index (Phi) is 6.76. The van der Waals surface area contributed by atoms with Crippen LogP contribution in [-0.4, -0.2) is 30.1 Å². The molecular weight excluding hydrogens is 388 g/mol. The number of hydrogen-bond acceptors (Lipinski definition) is 6. The monoisotopic (exact) mass is 408 g/mol. The van der Waals surface area contributed by atoms with E-state index in [0.29, 0.717) is 10.9 Å². The Bertz CT molecular complexity index is 1010. The van der Waals surface area contributed by atoms with Gasteiger partial charge in [-0.05, 0) is 30.7 Å². The van der Waals surface area contributed by atoms with Crippen molar-refractivity contribution < 1.29 is 19.1 Å². The minimum Gasteiger partial charge on any atom is -0.497 e. The van der Waals surface area contributed by atoms with E-state index in [2.05, 4.69) is 10.3 Å². The van der Waals surface area contributed by atoms with Crippen LogP contribution in [0.5, 0.6) is 5.75 Å². The molecule has 29 heavy (non-hydrogen) atoms. The summed E-state index contributed by atoms with van der Waals surface area (Å²) < 4.78 is 10.3. The van der Waals surface area contributed by atoms with Gasteiger partial charge >= 0.3 is 5.97 Å². The fourth-order valence-corrected chi connectivity index (χ4v) is 3.18. The van der Waals surface area contributed by atoms with Crippen molar-refractivity contribution in [3.8, 4) is 17.0 Å². The van der Waals surface area contributed by atoms with E-state index in [1.807, 2.05) is 53.9 Å². The van der Waals surface area contributed by atoms with Crippen molar-refractivity contribution in [3.63, 3.8) is 0 Å². The van der Waals surface area contributed by atoms with E-state index >= 15 is 0 Å². The van der Waals surface area contributed by atoms with Crippen molar-refractivity contribution in [2.45, 2.75) is 13.0 Å². The minimum absolute atomic E-state index is 0.443. The van der Waals surface area contributed by atoms with Crippen LogP contribution < -0.4 is 10.1 Å². The Labute approximate surface area is 172 Å². The van der Waals surface area contributed by atoms with Gasteiger partial charge in [-0.25, -0.2) is 9.78 Å². The second kappa shape index (κ2) is 9.66. The number of esters is 1. The summed E-state index contributed by atoms with van der Waals surface area (Å²) in [6.07, 6.45) is 1.92. The number of nitrogens with zero attached hydrogens (tertiary/aromatic N) is 1. The molecule has 1 aromatic heterocycles. The Morgan fingerprint density at radius 2 is 1.93 bits per heavy atom. The highest BCUT2D eigenvalue weighted by molar-refractivity contribution is 7.14. The maximum Gasteiger partial charge on any atom is 0.331 e. The summed E-state index contributed by atoms with van der Waals surface area (Å²) in [5.41, 5.74) is 2.53. The number of hydrogen-bond donors (Lipinski definition) is 1. The lowest BCUT2D eigenvalue weighted by Crippen LogP contribution is -2.29. The molecule has 2 aromatic carbocycles. The van der Waals surface area contributed by atoms with Gasteiger partial charge in [0.15, 0.2) is 11.2 Å². The highest BCUT2D eigenvalue weighted by Gasteiger charge is 2.18. The number of ether oxygens (including phenoxy) is 2. The Balaban J connectivity index is 1.54. The molecule has 148 valence electrons. The van der Waals surface area contributed by atoms with E-state index in [0.717, 1.165) is 16.8 Å². The molecule has 0 spiro atoms. The molecule has 1 N–H and O–H groups in total. The van der Waals surface area contributed by atoms with Gasteiger partial charge in [0.1, 0.15) is 5.75 Å². The van der Waals surface area contributed by atoms with E-state index in [-0.39, 0.29) is 0 Å². The lowest BCUT2D eigenvalue weighted by atomic mass is 10.2.